The van der Waals surface area contributed by atoms with Crippen molar-refractivity contribution >= 4 is 34.4 Å². The second-order valence-electron chi connectivity index (χ2n) is 7.95. The Morgan fingerprint density at radius 3 is 2.49 bits per heavy atom. The van der Waals surface area contributed by atoms with Crippen molar-refractivity contribution in [2.75, 3.05) is 24.4 Å². The highest BCUT2D eigenvalue weighted by atomic mass is 19.1. The van der Waals surface area contributed by atoms with Crippen LogP contribution in [0, 0.1) is 11.6 Å². The highest BCUT2D eigenvalue weighted by molar-refractivity contribution is 6.04. The van der Waals surface area contributed by atoms with Gasteiger partial charge in [0.1, 0.15) is 34.9 Å². The normalized spacial score (nSPS) is 11.6. The maximum atomic E-state index is 14.0. The van der Waals surface area contributed by atoms with E-state index in [4.69, 9.17) is 15.2 Å². The molecule has 3 aromatic carbocycles. The van der Waals surface area contributed by atoms with Crippen LogP contribution in [0.2, 0.25) is 0 Å². The minimum absolute atomic E-state index is 0.189. The van der Waals surface area contributed by atoms with Crippen LogP contribution in [0.25, 0.3) is 10.9 Å². The Kier molecular flexibility index (Phi) is 7.84. The molecule has 1 unspecified atom stereocenters. The number of nitrogens with zero attached hydrogens (tertiary/aromatic N) is 2. The molecule has 4 N–H and O–H groups in total. The van der Waals surface area contributed by atoms with Crippen molar-refractivity contribution < 1.29 is 27.8 Å². The van der Waals surface area contributed by atoms with Gasteiger partial charge in [0.25, 0.3) is 5.91 Å². The number of hydrogen-bond donors (Lipinski definition) is 3. The molecule has 0 fully saturated rings. The highest BCUT2D eigenvalue weighted by Crippen LogP contribution is 2.31. The summed E-state index contributed by atoms with van der Waals surface area (Å²) in [4.78, 5) is 32.4. The smallest absolute Gasteiger partial charge is 0.408 e. The van der Waals surface area contributed by atoms with E-state index in [-0.39, 0.29) is 11.8 Å². The number of aromatic nitrogens is 2. The zero-order valence-corrected chi connectivity index (χ0v) is 19.7. The maximum absolute atomic E-state index is 14.0. The SMILES string of the molecule is COCCC(Nc1ncnc2c(OC(N)=O)cccc12)c1cccc(NC(=O)c2c(F)cccc2F)c1. The molecule has 37 heavy (non-hydrogen) atoms. The monoisotopic (exact) mass is 507 g/mol. The summed E-state index contributed by atoms with van der Waals surface area (Å²) in [6, 6.07) is 14.7. The maximum Gasteiger partial charge on any atom is 0.410 e. The van der Waals surface area contributed by atoms with Crippen LogP contribution in [0.1, 0.15) is 28.4 Å². The van der Waals surface area contributed by atoms with Gasteiger partial charge in [0.05, 0.1) is 6.04 Å². The van der Waals surface area contributed by atoms with Gasteiger partial charge in [-0.05, 0) is 48.4 Å². The average molecular weight is 507 g/mol. The molecule has 190 valence electrons. The average Bonchev–Trinajstić information content (AvgIpc) is 2.86. The van der Waals surface area contributed by atoms with Gasteiger partial charge in [0.2, 0.25) is 0 Å². The van der Waals surface area contributed by atoms with Crippen molar-refractivity contribution in [3.8, 4) is 5.75 Å². The number of ether oxygens (including phenoxy) is 2. The molecule has 0 aliphatic carbocycles. The summed E-state index contributed by atoms with van der Waals surface area (Å²) >= 11 is 0. The summed E-state index contributed by atoms with van der Waals surface area (Å²) in [5, 5.41) is 6.48. The molecule has 4 rings (SSSR count). The van der Waals surface area contributed by atoms with Crippen molar-refractivity contribution in [3.05, 3.63) is 89.8 Å². The number of anilines is 2. The summed E-state index contributed by atoms with van der Waals surface area (Å²) < 4.78 is 38.4. The summed E-state index contributed by atoms with van der Waals surface area (Å²) in [6.45, 7) is 0.397. The Bertz CT molecular complexity index is 1430. The van der Waals surface area contributed by atoms with Gasteiger partial charge < -0.3 is 25.8 Å². The second-order valence-corrected chi connectivity index (χ2v) is 7.95. The third-order valence-corrected chi connectivity index (χ3v) is 5.50. The molecule has 2 amide bonds. The van der Waals surface area contributed by atoms with Crippen LogP contribution in [0.3, 0.4) is 0 Å². The molecular formula is C26H23F2N5O4. The van der Waals surface area contributed by atoms with E-state index >= 15 is 0 Å². The first-order valence-electron chi connectivity index (χ1n) is 11.2. The van der Waals surface area contributed by atoms with Crippen molar-refractivity contribution in [3.63, 3.8) is 0 Å². The minimum atomic E-state index is -0.965. The van der Waals surface area contributed by atoms with E-state index in [1.165, 1.54) is 12.4 Å². The van der Waals surface area contributed by atoms with E-state index in [1.807, 2.05) is 6.07 Å². The number of amides is 2. The number of carbonyl (C=O) groups is 2. The molecule has 0 radical (unpaired) electrons. The van der Waals surface area contributed by atoms with E-state index in [9.17, 15) is 18.4 Å². The van der Waals surface area contributed by atoms with Gasteiger partial charge >= 0.3 is 6.09 Å². The number of hydrogen-bond acceptors (Lipinski definition) is 7. The number of methoxy groups -OCH3 is 1. The summed E-state index contributed by atoms with van der Waals surface area (Å²) in [6.07, 6.45) is 0.873. The Labute approximate surface area is 210 Å². The fourth-order valence-electron chi connectivity index (χ4n) is 3.83. The molecule has 1 heterocycles. The predicted octanol–water partition coefficient (Wildman–Crippen LogP) is 4.81. The van der Waals surface area contributed by atoms with Crippen LogP contribution in [-0.2, 0) is 4.74 Å². The zero-order valence-electron chi connectivity index (χ0n) is 19.7. The number of carbonyl (C=O) groups excluding carboxylic acids is 2. The molecule has 0 aliphatic rings. The lowest BCUT2D eigenvalue weighted by atomic mass is 10.0. The summed E-state index contributed by atoms with van der Waals surface area (Å²) in [5.41, 5.74) is 5.98. The van der Waals surface area contributed by atoms with Gasteiger partial charge in [-0.25, -0.2) is 23.5 Å². The molecule has 0 bridgehead atoms. The molecule has 9 nitrogen and oxygen atoms in total. The van der Waals surface area contributed by atoms with Crippen molar-refractivity contribution in [2.45, 2.75) is 12.5 Å². The molecule has 11 heteroatoms. The Hall–Kier alpha value is -4.64. The Balaban J connectivity index is 1.63. The van der Waals surface area contributed by atoms with E-state index in [0.717, 1.165) is 17.7 Å². The zero-order chi connectivity index (χ0) is 26.4. The number of nitrogens with one attached hydrogen (secondary N) is 2. The lowest BCUT2D eigenvalue weighted by Gasteiger charge is -2.21. The van der Waals surface area contributed by atoms with Gasteiger partial charge in [-0.3, -0.25) is 4.79 Å². The third kappa shape index (κ3) is 5.96. The first kappa shape index (κ1) is 25.5. The fourth-order valence-corrected chi connectivity index (χ4v) is 3.83. The van der Waals surface area contributed by atoms with E-state index in [2.05, 4.69) is 20.6 Å². The molecule has 1 atom stereocenters. The predicted molar refractivity (Wildman–Crippen MR) is 133 cm³/mol. The highest BCUT2D eigenvalue weighted by Gasteiger charge is 2.19. The van der Waals surface area contributed by atoms with Crippen molar-refractivity contribution in [1.29, 1.82) is 0 Å². The first-order chi connectivity index (χ1) is 17.9. The largest absolute Gasteiger partial charge is 0.410 e. The lowest BCUT2D eigenvalue weighted by molar-refractivity contribution is 0.101. The van der Waals surface area contributed by atoms with Crippen LogP contribution in [0.15, 0.2) is 67.0 Å². The lowest BCUT2D eigenvalue weighted by Crippen LogP contribution is -2.18. The molecule has 0 spiro atoms. The topological polar surface area (TPSA) is 128 Å². The van der Waals surface area contributed by atoms with Gasteiger partial charge in [-0.2, -0.15) is 0 Å². The van der Waals surface area contributed by atoms with Crippen molar-refractivity contribution in [1.82, 2.24) is 9.97 Å². The number of nitrogens with two attached hydrogens (primary N) is 1. The second kappa shape index (κ2) is 11.4. The number of benzene rings is 3. The van der Waals surface area contributed by atoms with Crippen LogP contribution in [0.5, 0.6) is 5.75 Å². The number of primary amides is 1. The molecular weight excluding hydrogens is 484 g/mol. The standard InChI is InChI=1S/C26H23F2N5O4/c1-36-12-11-20(33-24-17-7-3-10-21(37-26(29)35)23(17)30-14-31-24)15-5-2-6-16(13-15)32-25(34)22-18(27)8-4-9-19(22)28/h2-10,13-14,20H,11-12H2,1H3,(H2,29,35)(H,32,34)(H,30,31,33). The molecule has 0 saturated carbocycles. The van der Waals surface area contributed by atoms with Gasteiger partial charge in [-0.1, -0.05) is 24.3 Å². The molecule has 1 aromatic heterocycles. The molecule has 0 aliphatic heterocycles. The number of fused-ring (bicyclic) bond motifs is 1. The van der Waals surface area contributed by atoms with Crippen molar-refractivity contribution in [2.24, 2.45) is 5.73 Å². The van der Waals surface area contributed by atoms with Crippen LogP contribution in [-0.4, -0.2) is 35.7 Å². The minimum Gasteiger partial charge on any atom is -0.408 e. The fraction of sp³-hybridized carbons (Fsp3) is 0.154. The van der Waals surface area contributed by atoms with Crippen LogP contribution >= 0.6 is 0 Å². The molecule has 4 aromatic rings. The van der Waals surface area contributed by atoms with E-state index in [1.54, 1.807) is 43.5 Å². The van der Waals surface area contributed by atoms with Gasteiger partial charge in [-0.15, -0.1) is 0 Å². The van der Waals surface area contributed by atoms with E-state index < -0.39 is 29.2 Å². The quantitative estimate of drug-likeness (QED) is 0.297. The van der Waals surface area contributed by atoms with Gasteiger partial charge in [0, 0.05) is 24.8 Å². The van der Waals surface area contributed by atoms with Crippen LogP contribution in [0.4, 0.5) is 25.1 Å². The van der Waals surface area contributed by atoms with E-state index in [0.29, 0.717) is 35.4 Å². The number of halogens is 2. The molecule has 0 saturated heterocycles. The van der Waals surface area contributed by atoms with Crippen LogP contribution < -0.4 is 21.1 Å². The Morgan fingerprint density at radius 2 is 1.76 bits per heavy atom. The number of rotatable bonds is 9. The third-order valence-electron chi connectivity index (χ3n) is 5.50. The number of para-hydroxylation sites is 1. The van der Waals surface area contributed by atoms with Gasteiger partial charge in [0.15, 0.2) is 5.75 Å². The summed E-state index contributed by atoms with van der Waals surface area (Å²) in [5.74, 6) is -2.16. The Morgan fingerprint density at radius 1 is 1.03 bits per heavy atom. The first-order valence-corrected chi connectivity index (χ1v) is 11.2. The summed E-state index contributed by atoms with van der Waals surface area (Å²) in [7, 11) is 1.57.